The zero-order chi connectivity index (χ0) is 14.4. The fraction of sp³-hybridized carbons (Fsp3) is 0.800. The third-order valence-electron chi connectivity index (χ3n) is 4.18. The maximum absolute atomic E-state index is 4.53. The summed E-state index contributed by atoms with van der Waals surface area (Å²) in [6.07, 6.45) is 6.09. The highest BCUT2D eigenvalue weighted by Crippen LogP contribution is 2.22. The number of hydrogen-bond acceptors (Lipinski definition) is 5. The molecule has 20 heavy (non-hydrogen) atoms. The van der Waals surface area contributed by atoms with Crippen molar-refractivity contribution in [1.82, 2.24) is 15.2 Å². The van der Waals surface area contributed by atoms with Gasteiger partial charge in [0.05, 0.1) is 0 Å². The largest absolute Gasteiger partial charge is 0.349 e. The Hall–Kier alpha value is -0.650. The summed E-state index contributed by atoms with van der Waals surface area (Å²) in [5, 5.41) is 4.75. The van der Waals surface area contributed by atoms with E-state index in [0.29, 0.717) is 6.04 Å². The number of aromatic nitrogens is 1. The Morgan fingerprint density at radius 2 is 2.20 bits per heavy atom. The summed E-state index contributed by atoms with van der Waals surface area (Å²) in [5.41, 5.74) is 0. The molecule has 1 fully saturated rings. The average Bonchev–Trinajstić information content (AvgIpc) is 2.91. The number of nitrogens with one attached hydrogen (secondary N) is 1. The van der Waals surface area contributed by atoms with Gasteiger partial charge in [-0.1, -0.05) is 6.42 Å². The molecule has 1 atom stereocenters. The highest BCUT2D eigenvalue weighted by atomic mass is 32.1. The van der Waals surface area contributed by atoms with E-state index in [1.54, 1.807) is 0 Å². The monoisotopic (exact) mass is 296 g/mol. The second-order valence-electron chi connectivity index (χ2n) is 5.54. The molecule has 1 aromatic heterocycles. The molecule has 1 aliphatic rings. The molecule has 2 heterocycles. The van der Waals surface area contributed by atoms with Crippen LogP contribution in [0.1, 0.15) is 38.0 Å². The van der Waals surface area contributed by atoms with Crippen LogP contribution >= 0.6 is 11.3 Å². The molecule has 2 rings (SSSR count). The fourth-order valence-electron chi connectivity index (χ4n) is 2.78. The Morgan fingerprint density at radius 1 is 1.40 bits per heavy atom. The summed E-state index contributed by atoms with van der Waals surface area (Å²) in [7, 11) is 2.25. The van der Waals surface area contributed by atoms with Crippen LogP contribution in [0.15, 0.2) is 6.20 Å². The molecule has 1 aromatic rings. The molecule has 0 aliphatic carbocycles. The molecule has 1 saturated heterocycles. The molecule has 5 heteroatoms. The van der Waals surface area contributed by atoms with Crippen LogP contribution in [0.25, 0.3) is 0 Å². The first-order valence-electron chi connectivity index (χ1n) is 7.85. The number of nitrogens with zero attached hydrogens (tertiary/aromatic N) is 3. The van der Waals surface area contributed by atoms with E-state index in [1.807, 2.05) is 17.5 Å². The van der Waals surface area contributed by atoms with Gasteiger partial charge in [0, 0.05) is 43.3 Å². The van der Waals surface area contributed by atoms with E-state index in [1.165, 1.54) is 30.7 Å². The lowest BCUT2D eigenvalue weighted by Crippen LogP contribution is -2.42. The maximum Gasteiger partial charge on any atom is 0.185 e. The predicted molar refractivity (Wildman–Crippen MR) is 87.7 cm³/mol. The van der Waals surface area contributed by atoms with Crippen molar-refractivity contribution in [3.8, 4) is 0 Å². The van der Waals surface area contributed by atoms with Gasteiger partial charge in [-0.2, -0.15) is 0 Å². The predicted octanol–water partition coefficient (Wildman–Crippen LogP) is 2.56. The van der Waals surface area contributed by atoms with E-state index in [-0.39, 0.29) is 0 Å². The summed E-state index contributed by atoms with van der Waals surface area (Å²) in [4.78, 5) is 10.7. The molecule has 1 aliphatic heterocycles. The van der Waals surface area contributed by atoms with Gasteiger partial charge in [0.15, 0.2) is 5.13 Å². The molecule has 0 aromatic carbocycles. The molecule has 0 saturated carbocycles. The van der Waals surface area contributed by atoms with Crippen molar-refractivity contribution < 1.29 is 0 Å². The van der Waals surface area contributed by atoms with Crippen molar-refractivity contribution in [3.05, 3.63) is 11.1 Å². The second kappa shape index (κ2) is 7.96. The number of thiazole rings is 1. The Morgan fingerprint density at radius 3 is 2.90 bits per heavy atom. The molecule has 0 radical (unpaired) electrons. The van der Waals surface area contributed by atoms with Gasteiger partial charge in [0.25, 0.3) is 0 Å². The summed E-state index contributed by atoms with van der Waals surface area (Å²) < 4.78 is 0. The van der Waals surface area contributed by atoms with Crippen LogP contribution in [0.5, 0.6) is 0 Å². The molecule has 114 valence electrons. The fourth-order valence-corrected chi connectivity index (χ4v) is 3.79. The molecule has 4 nitrogen and oxygen atoms in total. The van der Waals surface area contributed by atoms with Crippen molar-refractivity contribution in [2.45, 2.75) is 45.7 Å². The van der Waals surface area contributed by atoms with Crippen molar-refractivity contribution in [1.29, 1.82) is 0 Å². The van der Waals surface area contributed by atoms with Gasteiger partial charge >= 0.3 is 0 Å². The van der Waals surface area contributed by atoms with Gasteiger partial charge in [-0.25, -0.2) is 4.98 Å². The molecular formula is C15H28N4S. The summed E-state index contributed by atoms with van der Waals surface area (Å²) in [6, 6.07) is 0.707. The third kappa shape index (κ3) is 4.17. The van der Waals surface area contributed by atoms with Crippen LogP contribution in [0, 0.1) is 0 Å². The lowest BCUT2D eigenvalue weighted by Gasteiger charge is -2.32. The van der Waals surface area contributed by atoms with Crippen molar-refractivity contribution in [2.24, 2.45) is 0 Å². The molecular weight excluding hydrogens is 268 g/mol. The maximum atomic E-state index is 4.53. The number of likely N-dealkylation sites (tertiary alicyclic amines) is 1. The van der Waals surface area contributed by atoms with Crippen molar-refractivity contribution in [3.63, 3.8) is 0 Å². The zero-order valence-electron chi connectivity index (χ0n) is 13.1. The van der Waals surface area contributed by atoms with Crippen LogP contribution in [-0.4, -0.2) is 49.2 Å². The van der Waals surface area contributed by atoms with E-state index in [0.717, 1.165) is 31.3 Å². The second-order valence-corrected chi connectivity index (χ2v) is 6.64. The molecule has 0 amide bonds. The Labute approximate surface area is 127 Å². The normalized spacial score (nSPS) is 20.2. The minimum absolute atomic E-state index is 0.707. The van der Waals surface area contributed by atoms with Crippen LogP contribution in [0.2, 0.25) is 0 Å². The number of hydrogen-bond donors (Lipinski definition) is 1. The summed E-state index contributed by atoms with van der Waals surface area (Å²) >= 11 is 1.82. The van der Waals surface area contributed by atoms with Crippen LogP contribution in [0.3, 0.4) is 0 Å². The van der Waals surface area contributed by atoms with E-state index >= 15 is 0 Å². The summed E-state index contributed by atoms with van der Waals surface area (Å²) in [5.74, 6) is 0. The smallest absolute Gasteiger partial charge is 0.185 e. The van der Waals surface area contributed by atoms with E-state index in [2.05, 4.69) is 41.0 Å². The minimum atomic E-state index is 0.707. The lowest BCUT2D eigenvalue weighted by atomic mass is 10.0. The Kier molecular flexibility index (Phi) is 6.26. The van der Waals surface area contributed by atoms with E-state index in [4.69, 9.17) is 0 Å². The van der Waals surface area contributed by atoms with Gasteiger partial charge in [-0.05, 0) is 40.3 Å². The van der Waals surface area contributed by atoms with Gasteiger partial charge in [-0.15, -0.1) is 11.3 Å². The highest BCUT2D eigenvalue weighted by molar-refractivity contribution is 7.15. The van der Waals surface area contributed by atoms with Gasteiger partial charge in [0.2, 0.25) is 0 Å². The van der Waals surface area contributed by atoms with E-state index in [9.17, 15) is 0 Å². The van der Waals surface area contributed by atoms with Crippen molar-refractivity contribution >= 4 is 16.5 Å². The number of likely N-dealkylation sites (N-methyl/N-ethyl adjacent to an activating group) is 1. The lowest BCUT2D eigenvalue weighted by molar-refractivity contribution is 0.181. The highest BCUT2D eigenvalue weighted by Gasteiger charge is 2.18. The standard InChI is InChI=1S/C15H28N4S/c1-4-19(5-2)15-17-12-14(20-15)11-16-10-13-8-6-7-9-18(13)3/h12-13,16H,4-11H2,1-3H3. The van der Waals surface area contributed by atoms with Gasteiger partial charge in [-0.3, -0.25) is 0 Å². The average molecular weight is 296 g/mol. The Balaban J connectivity index is 1.76. The SMILES string of the molecule is CCN(CC)c1ncc(CNCC2CCCCN2C)s1. The molecule has 1 N–H and O–H groups in total. The van der Waals surface area contributed by atoms with Gasteiger partial charge < -0.3 is 15.1 Å². The van der Waals surface area contributed by atoms with E-state index < -0.39 is 0 Å². The van der Waals surface area contributed by atoms with Crippen LogP contribution < -0.4 is 10.2 Å². The first-order valence-corrected chi connectivity index (χ1v) is 8.66. The zero-order valence-corrected chi connectivity index (χ0v) is 13.9. The quantitative estimate of drug-likeness (QED) is 0.838. The van der Waals surface area contributed by atoms with Crippen LogP contribution in [-0.2, 0) is 6.54 Å². The minimum Gasteiger partial charge on any atom is -0.349 e. The third-order valence-corrected chi connectivity index (χ3v) is 5.23. The number of rotatable bonds is 7. The first-order chi connectivity index (χ1) is 9.74. The molecule has 1 unspecified atom stereocenters. The first kappa shape index (κ1) is 15.7. The number of piperidine rings is 1. The number of anilines is 1. The summed E-state index contributed by atoms with van der Waals surface area (Å²) in [6.45, 7) is 9.72. The molecule has 0 spiro atoms. The van der Waals surface area contributed by atoms with Gasteiger partial charge in [0.1, 0.15) is 0 Å². The van der Waals surface area contributed by atoms with Crippen molar-refractivity contribution in [2.75, 3.05) is 38.1 Å². The molecule has 0 bridgehead atoms. The topological polar surface area (TPSA) is 31.4 Å². The van der Waals surface area contributed by atoms with Crippen LogP contribution in [0.4, 0.5) is 5.13 Å². The Bertz CT molecular complexity index is 389.